The summed E-state index contributed by atoms with van der Waals surface area (Å²) < 4.78 is 14.0. The van der Waals surface area contributed by atoms with E-state index in [1.807, 2.05) is 0 Å². The number of halogens is 1. The number of piperazine rings is 1. The number of rotatable bonds is 3. The Bertz CT molecular complexity index is 411. The molecule has 1 aromatic rings. The highest BCUT2D eigenvalue weighted by molar-refractivity contribution is 5.55. The molecule has 1 atom stereocenters. The molecule has 1 aromatic carbocycles. The van der Waals surface area contributed by atoms with Gasteiger partial charge in [0.15, 0.2) is 0 Å². The number of nitrogens with zero attached hydrogens (tertiary/aromatic N) is 2. The van der Waals surface area contributed by atoms with Gasteiger partial charge in [0.05, 0.1) is 12.3 Å². The summed E-state index contributed by atoms with van der Waals surface area (Å²) in [6.45, 7) is 7.78. The zero-order chi connectivity index (χ0) is 13.1. The fourth-order valence-corrected chi connectivity index (χ4v) is 2.71. The predicted molar refractivity (Wildman–Crippen MR) is 71.2 cm³/mol. The normalized spacial score (nSPS) is 21.3. The number of hydrogen-bond acceptors (Lipinski definition) is 3. The van der Waals surface area contributed by atoms with Gasteiger partial charge in [0, 0.05) is 31.2 Å². The fourth-order valence-electron chi connectivity index (χ4n) is 2.71. The maximum Gasteiger partial charge on any atom is 0.146 e. The summed E-state index contributed by atoms with van der Waals surface area (Å²) in [4.78, 5) is 4.44. The van der Waals surface area contributed by atoms with Crippen LogP contribution >= 0.6 is 0 Å². The van der Waals surface area contributed by atoms with Crippen molar-refractivity contribution in [3.05, 3.63) is 29.6 Å². The number of benzene rings is 1. The smallest absolute Gasteiger partial charge is 0.146 e. The van der Waals surface area contributed by atoms with E-state index in [4.69, 9.17) is 0 Å². The summed E-state index contributed by atoms with van der Waals surface area (Å²) in [6.07, 6.45) is 0. The van der Waals surface area contributed by atoms with Crippen molar-refractivity contribution < 1.29 is 9.50 Å². The molecule has 4 heteroatoms. The Morgan fingerprint density at radius 1 is 1.39 bits per heavy atom. The van der Waals surface area contributed by atoms with Gasteiger partial charge in [-0.25, -0.2) is 4.39 Å². The molecule has 1 heterocycles. The van der Waals surface area contributed by atoms with Crippen molar-refractivity contribution >= 4 is 5.69 Å². The Labute approximate surface area is 108 Å². The average molecular weight is 252 g/mol. The van der Waals surface area contributed by atoms with Gasteiger partial charge in [-0.05, 0) is 19.5 Å². The molecule has 100 valence electrons. The average Bonchev–Trinajstić information content (AvgIpc) is 2.38. The van der Waals surface area contributed by atoms with Crippen molar-refractivity contribution in [1.29, 1.82) is 0 Å². The third-order valence-electron chi connectivity index (χ3n) is 3.73. The molecule has 2 rings (SSSR count). The SMILES string of the molecule is CCN1CCN(c2c(F)cccc2CO)CC1C. The molecule has 1 unspecified atom stereocenters. The van der Waals surface area contributed by atoms with Crippen LogP contribution in [0.3, 0.4) is 0 Å². The minimum absolute atomic E-state index is 0.116. The van der Waals surface area contributed by atoms with Crippen LogP contribution in [0.4, 0.5) is 10.1 Å². The van der Waals surface area contributed by atoms with Gasteiger partial charge >= 0.3 is 0 Å². The summed E-state index contributed by atoms with van der Waals surface area (Å²) in [7, 11) is 0. The number of likely N-dealkylation sites (N-methyl/N-ethyl adjacent to an activating group) is 1. The van der Waals surface area contributed by atoms with Crippen LogP contribution in [-0.4, -0.2) is 42.2 Å². The predicted octanol–water partition coefficient (Wildman–Crippen LogP) is 1.85. The first-order valence-electron chi connectivity index (χ1n) is 6.54. The molecule has 1 fully saturated rings. The van der Waals surface area contributed by atoms with Gasteiger partial charge in [-0.15, -0.1) is 0 Å². The Morgan fingerprint density at radius 2 is 2.17 bits per heavy atom. The molecule has 0 aliphatic carbocycles. The van der Waals surface area contributed by atoms with Crippen LogP contribution in [0.5, 0.6) is 0 Å². The molecule has 0 aromatic heterocycles. The van der Waals surface area contributed by atoms with Crippen molar-refractivity contribution in [2.24, 2.45) is 0 Å². The largest absolute Gasteiger partial charge is 0.392 e. The van der Waals surface area contributed by atoms with Crippen LogP contribution in [0, 0.1) is 5.82 Å². The minimum Gasteiger partial charge on any atom is -0.392 e. The molecular formula is C14H21FN2O. The maximum atomic E-state index is 14.0. The molecule has 0 spiro atoms. The Hall–Kier alpha value is -1.13. The first kappa shape index (κ1) is 13.3. The standard InChI is InChI=1S/C14H21FN2O/c1-3-16-7-8-17(9-11(16)2)14-12(10-18)5-4-6-13(14)15/h4-6,11,18H,3,7-10H2,1-2H3. The van der Waals surface area contributed by atoms with E-state index in [2.05, 4.69) is 23.6 Å². The zero-order valence-electron chi connectivity index (χ0n) is 11.1. The second-order valence-electron chi connectivity index (χ2n) is 4.83. The van der Waals surface area contributed by atoms with E-state index < -0.39 is 0 Å². The molecule has 0 bridgehead atoms. The number of aliphatic hydroxyl groups excluding tert-OH is 1. The molecule has 18 heavy (non-hydrogen) atoms. The van der Waals surface area contributed by atoms with E-state index in [0.717, 1.165) is 26.2 Å². The summed E-state index contributed by atoms with van der Waals surface area (Å²) in [5.41, 5.74) is 1.25. The van der Waals surface area contributed by atoms with Crippen LogP contribution in [0.25, 0.3) is 0 Å². The molecule has 1 aliphatic heterocycles. The van der Waals surface area contributed by atoms with Gasteiger partial charge in [0.2, 0.25) is 0 Å². The van der Waals surface area contributed by atoms with Gasteiger partial charge < -0.3 is 10.0 Å². The molecular weight excluding hydrogens is 231 g/mol. The number of para-hydroxylation sites is 1. The van der Waals surface area contributed by atoms with Crippen LogP contribution in [0.1, 0.15) is 19.4 Å². The van der Waals surface area contributed by atoms with E-state index in [1.54, 1.807) is 12.1 Å². The van der Waals surface area contributed by atoms with Crippen LogP contribution in [-0.2, 0) is 6.61 Å². The Balaban J connectivity index is 2.23. The summed E-state index contributed by atoms with van der Waals surface area (Å²) in [6, 6.07) is 5.31. The first-order valence-corrected chi connectivity index (χ1v) is 6.54. The van der Waals surface area contributed by atoms with Crippen LogP contribution in [0.15, 0.2) is 18.2 Å². The number of hydrogen-bond donors (Lipinski definition) is 1. The van der Waals surface area contributed by atoms with E-state index in [9.17, 15) is 9.50 Å². The van der Waals surface area contributed by atoms with E-state index in [-0.39, 0.29) is 12.4 Å². The molecule has 1 aliphatic rings. The lowest BCUT2D eigenvalue weighted by molar-refractivity contribution is 0.198. The second kappa shape index (κ2) is 5.67. The van der Waals surface area contributed by atoms with Crippen molar-refractivity contribution in [2.45, 2.75) is 26.5 Å². The molecule has 0 amide bonds. The highest BCUT2D eigenvalue weighted by Gasteiger charge is 2.25. The van der Waals surface area contributed by atoms with Gasteiger partial charge in [0.1, 0.15) is 5.82 Å². The summed E-state index contributed by atoms with van der Waals surface area (Å²) in [5.74, 6) is -0.237. The number of anilines is 1. The molecule has 0 saturated carbocycles. The first-order chi connectivity index (χ1) is 8.67. The van der Waals surface area contributed by atoms with Crippen LogP contribution < -0.4 is 4.90 Å². The van der Waals surface area contributed by atoms with E-state index in [0.29, 0.717) is 17.3 Å². The summed E-state index contributed by atoms with van der Waals surface area (Å²) >= 11 is 0. The Kier molecular flexibility index (Phi) is 4.19. The molecule has 1 N–H and O–H groups in total. The van der Waals surface area contributed by atoms with Gasteiger partial charge in [0.25, 0.3) is 0 Å². The lowest BCUT2D eigenvalue weighted by Gasteiger charge is -2.41. The monoisotopic (exact) mass is 252 g/mol. The van der Waals surface area contributed by atoms with Crippen LogP contribution in [0.2, 0.25) is 0 Å². The third kappa shape index (κ3) is 2.49. The minimum atomic E-state index is -0.237. The van der Waals surface area contributed by atoms with Gasteiger partial charge in [-0.1, -0.05) is 19.1 Å². The van der Waals surface area contributed by atoms with Crippen molar-refractivity contribution in [3.63, 3.8) is 0 Å². The number of aliphatic hydroxyl groups is 1. The highest BCUT2D eigenvalue weighted by Crippen LogP contribution is 2.26. The lowest BCUT2D eigenvalue weighted by atomic mass is 10.1. The van der Waals surface area contributed by atoms with Gasteiger partial charge in [-0.3, -0.25) is 4.90 Å². The van der Waals surface area contributed by atoms with Gasteiger partial charge in [-0.2, -0.15) is 0 Å². The molecule has 0 radical (unpaired) electrons. The third-order valence-corrected chi connectivity index (χ3v) is 3.73. The summed E-state index contributed by atoms with van der Waals surface area (Å²) in [5, 5.41) is 9.33. The Morgan fingerprint density at radius 3 is 2.78 bits per heavy atom. The van der Waals surface area contributed by atoms with Crippen molar-refractivity contribution in [2.75, 3.05) is 31.1 Å². The topological polar surface area (TPSA) is 26.7 Å². The second-order valence-corrected chi connectivity index (χ2v) is 4.83. The lowest BCUT2D eigenvalue weighted by Crippen LogP contribution is -2.52. The quantitative estimate of drug-likeness (QED) is 0.889. The molecule has 1 saturated heterocycles. The molecule has 3 nitrogen and oxygen atoms in total. The van der Waals surface area contributed by atoms with E-state index >= 15 is 0 Å². The maximum absolute atomic E-state index is 14.0. The fraction of sp³-hybridized carbons (Fsp3) is 0.571. The van der Waals surface area contributed by atoms with E-state index in [1.165, 1.54) is 6.07 Å². The van der Waals surface area contributed by atoms with Crippen molar-refractivity contribution in [3.8, 4) is 0 Å². The zero-order valence-corrected chi connectivity index (χ0v) is 11.1. The highest BCUT2D eigenvalue weighted by atomic mass is 19.1. The van der Waals surface area contributed by atoms with Crippen molar-refractivity contribution in [1.82, 2.24) is 4.90 Å².